The first-order chi connectivity index (χ1) is 13.9. The Labute approximate surface area is 169 Å². The number of aliphatic imine (C=N–C) groups is 1. The fourth-order valence-electron chi connectivity index (χ4n) is 2.98. The van der Waals surface area contributed by atoms with Gasteiger partial charge in [0.25, 0.3) is 5.91 Å². The van der Waals surface area contributed by atoms with Crippen LogP contribution < -0.4 is 15.0 Å². The first kappa shape index (κ1) is 20.3. The molecule has 4 amide bonds. The van der Waals surface area contributed by atoms with Crippen LogP contribution in [0.2, 0.25) is 0 Å². The van der Waals surface area contributed by atoms with E-state index < -0.39 is 23.8 Å². The lowest BCUT2D eigenvalue weighted by atomic mass is 9.99. The summed E-state index contributed by atoms with van der Waals surface area (Å²) in [7, 11) is 1.52. The Morgan fingerprint density at radius 1 is 1.10 bits per heavy atom. The summed E-state index contributed by atoms with van der Waals surface area (Å²) in [6, 6.07) is 13.3. The molecule has 1 heterocycles. The number of rotatable bonds is 6. The average molecular weight is 393 g/mol. The molecule has 1 N–H and O–H groups in total. The summed E-state index contributed by atoms with van der Waals surface area (Å²) < 4.78 is 5.09. The van der Waals surface area contributed by atoms with Gasteiger partial charge in [-0.25, -0.2) is 9.69 Å². The van der Waals surface area contributed by atoms with Crippen LogP contribution >= 0.6 is 0 Å². The van der Waals surface area contributed by atoms with Crippen LogP contribution in [0.1, 0.15) is 31.7 Å². The molecule has 0 aromatic heterocycles. The van der Waals surface area contributed by atoms with Crippen molar-refractivity contribution in [3.8, 4) is 5.75 Å². The van der Waals surface area contributed by atoms with Crippen molar-refractivity contribution < 1.29 is 19.1 Å². The molecule has 1 aliphatic rings. The Morgan fingerprint density at radius 3 is 2.34 bits per heavy atom. The topological polar surface area (TPSA) is 88.1 Å². The van der Waals surface area contributed by atoms with Gasteiger partial charge in [-0.15, -0.1) is 0 Å². The van der Waals surface area contributed by atoms with Crippen LogP contribution in [0.5, 0.6) is 5.75 Å². The largest absolute Gasteiger partial charge is 0.497 e. The fourth-order valence-corrected chi connectivity index (χ4v) is 2.98. The molecule has 2 aromatic rings. The predicted octanol–water partition coefficient (Wildman–Crippen LogP) is 3.81. The van der Waals surface area contributed by atoms with E-state index in [0.29, 0.717) is 23.0 Å². The SMILES string of the molecule is CC[C@H](C)c1ccc(N=C[C@@H]2C(=O)NC(=O)N(c3ccc(OC)cc3)C2=O)cc1. The maximum absolute atomic E-state index is 12.8. The highest BCUT2D eigenvalue weighted by molar-refractivity contribution is 6.32. The van der Waals surface area contributed by atoms with Crippen molar-refractivity contribution in [3.05, 3.63) is 54.1 Å². The Morgan fingerprint density at radius 2 is 1.76 bits per heavy atom. The van der Waals surface area contributed by atoms with Gasteiger partial charge in [0.05, 0.1) is 18.5 Å². The number of nitrogens with one attached hydrogen (secondary N) is 1. The molecule has 1 saturated heterocycles. The van der Waals surface area contributed by atoms with E-state index in [-0.39, 0.29) is 0 Å². The van der Waals surface area contributed by atoms with Crippen molar-refractivity contribution in [2.75, 3.05) is 12.0 Å². The summed E-state index contributed by atoms with van der Waals surface area (Å²) in [4.78, 5) is 42.5. The van der Waals surface area contributed by atoms with Gasteiger partial charge < -0.3 is 4.74 Å². The van der Waals surface area contributed by atoms with Crippen molar-refractivity contribution in [2.24, 2.45) is 10.9 Å². The quantitative estimate of drug-likeness (QED) is 0.597. The van der Waals surface area contributed by atoms with E-state index >= 15 is 0 Å². The van der Waals surface area contributed by atoms with Gasteiger partial charge in [0.1, 0.15) is 5.75 Å². The van der Waals surface area contributed by atoms with E-state index in [4.69, 9.17) is 4.74 Å². The third kappa shape index (κ3) is 4.34. The summed E-state index contributed by atoms with van der Waals surface area (Å²) in [5.41, 5.74) is 2.18. The van der Waals surface area contributed by atoms with Gasteiger partial charge >= 0.3 is 6.03 Å². The number of benzene rings is 2. The molecule has 150 valence electrons. The molecule has 29 heavy (non-hydrogen) atoms. The molecule has 2 aromatic carbocycles. The number of imide groups is 2. The third-order valence-electron chi connectivity index (χ3n) is 4.98. The molecule has 0 aliphatic carbocycles. The fraction of sp³-hybridized carbons (Fsp3) is 0.273. The minimum Gasteiger partial charge on any atom is -0.497 e. The first-order valence-corrected chi connectivity index (χ1v) is 9.41. The zero-order valence-corrected chi connectivity index (χ0v) is 16.6. The Balaban J connectivity index is 1.80. The highest BCUT2D eigenvalue weighted by Gasteiger charge is 2.40. The van der Waals surface area contributed by atoms with Gasteiger partial charge in [-0.3, -0.25) is 19.9 Å². The van der Waals surface area contributed by atoms with Gasteiger partial charge in [-0.05, 0) is 54.3 Å². The van der Waals surface area contributed by atoms with Gasteiger partial charge in [0.2, 0.25) is 5.91 Å². The number of carbonyl (C=O) groups is 3. The second-order valence-corrected chi connectivity index (χ2v) is 6.82. The lowest BCUT2D eigenvalue weighted by Crippen LogP contribution is -2.58. The Kier molecular flexibility index (Phi) is 6.07. The highest BCUT2D eigenvalue weighted by Crippen LogP contribution is 2.24. The van der Waals surface area contributed by atoms with E-state index in [1.165, 1.54) is 18.9 Å². The highest BCUT2D eigenvalue weighted by atomic mass is 16.5. The number of barbiturate groups is 1. The molecule has 1 aliphatic heterocycles. The number of hydrogen-bond acceptors (Lipinski definition) is 5. The van der Waals surface area contributed by atoms with Crippen LogP contribution in [0.4, 0.5) is 16.2 Å². The zero-order chi connectivity index (χ0) is 21.0. The van der Waals surface area contributed by atoms with Crippen LogP contribution in [-0.4, -0.2) is 31.2 Å². The van der Waals surface area contributed by atoms with Crippen molar-refractivity contribution >= 4 is 35.4 Å². The summed E-state index contributed by atoms with van der Waals surface area (Å²) >= 11 is 0. The second kappa shape index (κ2) is 8.68. The minimum atomic E-state index is -1.19. The molecule has 0 unspecified atom stereocenters. The maximum Gasteiger partial charge on any atom is 0.335 e. The number of methoxy groups -OCH3 is 1. The summed E-state index contributed by atoms with van der Waals surface area (Å²) in [6.45, 7) is 4.27. The molecule has 0 radical (unpaired) electrons. The molecule has 0 bridgehead atoms. The van der Waals surface area contributed by atoms with Crippen LogP contribution in [0.25, 0.3) is 0 Å². The van der Waals surface area contributed by atoms with Crippen LogP contribution in [0.15, 0.2) is 53.5 Å². The van der Waals surface area contributed by atoms with E-state index in [0.717, 1.165) is 11.3 Å². The summed E-state index contributed by atoms with van der Waals surface area (Å²) in [6.07, 6.45) is 2.31. The molecular weight excluding hydrogens is 370 g/mol. The standard InChI is InChI=1S/C22H23N3O4/c1-4-14(2)15-5-7-16(8-6-15)23-13-19-20(26)24-22(28)25(21(19)27)17-9-11-18(29-3)12-10-17/h5-14,19H,4H2,1-3H3,(H,24,26,28)/t14-,19+/m0/s1. The summed E-state index contributed by atoms with van der Waals surface area (Å²) in [5, 5.41) is 2.21. The van der Waals surface area contributed by atoms with Crippen LogP contribution in [-0.2, 0) is 9.59 Å². The number of amides is 4. The molecule has 1 fully saturated rings. The number of anilines is 1. The number of carbonyl (C=O) groups excluding carboxylic acids is 3. The van der Waals surface area contributed by atoms with Gasteiger partial charge in [-0.1, -0.05) is 26.0 Å². The van der Waals surface area contributed by atoms with E-state index in [2.05, 4.69) is 24.2 Å². The Bertz CT molecular complexity index is 936. The zero-order valence-electron chi connectivity index (χ0n) is 16.6. The minimum absolute atomic E-state index is 0.345. The number of ether oxygens (including phenoxy) is 1. The predicted molar refractivity (Wildman–Crippen MR) is 111 cm³/mol. The van der Waals surface area contributed by atoms with Gasteiger partial charge in [0.15, 0.2) is 5.92 Å². The van der Waals surface area contributed by atoms with E-state index in [9.17, 15) is 14.4 Å². The van der Waals surface area contributed by atoms with E-state index in [1.807, 2.05) is 24.3 Å². The normalized spacial score (nSPS) is 18.1. The van der Waals surface area contributed by atoms with Crippen molar-refractivity contribution in [3.63, 3.8) is 0 Å². The van der Waals surface area contributed by atoms with Crippen molar-refractivity contribution in [1.82, 2.24) is 5.32 Å². The smallest absolute Gasteiger partial charge is 0.335 e. The van der Waals surface area contributed by atoms with Crippen molar-refractivity contribution in [1.29, 1.82) is 0 Å². The van der Waals surface area contributed by atoms with Crippen LogP contribution in [0.3, 0.4) is 0 Å². The monoisotopic (exact) mass is 393 g/mol. The van der Waals surface area contributed by atoms with Crippen molar-refractivity contribution in [2.45, 2.75) is 26.2 Å². The number of urea groups is 1. The third-order valence-corrected chi connectivity index (χ3v) is 4.98. The molecule has 7 heteroatoms. The molecule has 2 atom stereocenters. The summed E-state index contributed by atoms with van der Waals surface area (Å²) in [5.74, 6) is -1.49. The lowest BCUT2D eigenvalue weighted by molar-refractivity contribution is -0.131. The lowest BCUT2D eigenvalue weighted by Gasteiger charge is -2.28. The second-order valence-electron chi connectivity index (χ2n) is 6.82. The number of nitrogens with zero attached hydrogens (tertiary/aromatic N) is 2. The molecule has 0 saturated carbocycles. The Hall–Kier alpha value is -3.48. The molecular formula is C22H23N3O4. The van der Waals surface area contributed by atoms with Gasteiger partial charge in [0, 0.05) is 6.21 Å². The molecule has 3 rings (SSSR count). The number of hydrogen-bond donors (Lipinski definition) is 1. The maximum atomic E-state index is 12.8. The van der Waals surface area contributed by atoms with Crippen LogP contribution in [0, 0.1) is 5.92 Å². The molecule has 0 spiro atoms. The van der Waals surface area contributed by atoms with E-state index in [1.54, 1.807) is 24.3 Å². The van der Waals surface area contributed by atoms with Gasteiger partial charge in [-0.2, -0.15) is 0 Å². The molecule has 7 nitrogen and oxygen atoms in total. The average Bonchev–Trinajstić information content (AvgIpc) is 2.73. The first-order valence-electron chi connectivity index (χ1n) is 9.41.